The fourth-order valence-corrected chi connectivity index (χ4v) is 5.40. The normalized spacial score (nSPS) is 19.0. The predicted molar refractivity (Wildman–Crippen MR) is 103 cm³/mol. The lowest BCUT2D eigenvalue weighted by Gasteiger charge is -2.35. The van der Waals surface area contributed by atoms with Crippen LogP contribution in [0.3, 0.4) is 0 Å². The third kappa shape index (κ3) is 3.06. The molecule has 0 fully saturated rings. The number of benzene rings is 2. The lowest BCUT2D eigenvalue weighted by Crippen LogP contribution is -2.38. The third-order valence-electron chi connectivity index (χ3n) is 5.25. The first-order valence-electron chi connectivity index (χ1n) is 9.12. The number of ether oxygens (including phenoxy) is 4. The Kier molecular flexibility index (Phi) is 4.84. The minimum Gasteiger partial charge on any atom is -0.493 e. The molecule has 150 valence electrons. The molecule has 2 aromatic rings. The van der Waals surface area contributed by atoms with Crippen LogP contribution in [-0.2, 0) is 16.4 Å². The van der Waals surface area contributed by atoms with Crippen molar-refractivity contribution < 1.29 is 27.4 Å². The molecule has 7 nitrogen and oxygen atoms in total. The van der Waals surface area contributed by atoms with Crippen molar-refractivity contribution in [2.75, 3.05) is 34.0 Å². The van der Waals surface area contributed by atoms with Crippen molar-refractivity contribution in [3.63, 3.8) is 0 Å². The fourth-order valence-electron chi connectivity index (χ4n) is 3.77. The summed E-state index contributed by atoms with van der Waals surface area (Å²) in [6.07, 6.45) is 0.601. The third-order valence-corrected chi connectivity index (χ3v) is 7.22. The van der Waals surface area contributed by atoms with Crippen LogP contribution in [0.4, 0.5) is 0 Å². The molecule has 0 spiro atoms. The number of hydrogen-bond donors (Lipinski definition) is 0. The molecule has 2 aliphatic heterocycles. The van der Waals surface area contributed by atoms with E-state index in [9.17, 15) is 8.42 Å². The first kappa shape index (κ1) is 18.9. The monoisotopic (exact) mass is 405 g/mol. The molecule has 0 saturated carbocycles. The van der Waals surface area contributed by atoms with Crippen LogP contribution in [0.15, 0.2) is 35.2 Å². The number of fused-ring (bicyclic) bond motifs is 2. The Morgan fingerprint density at radius 2 is 1.68 bits per heavy atom. The molecular weight excluding hydrogens is 382 g/mol. The largest absolute Gasteiger partial charge is 0.493 e. The molecule has 28 heavy (non-hydrogen) atoms. The van der Waals surface area contributed by atoms with Crippen LogP contribution in [0, 0.1) is 0 Å². The molecule has 4 rings (SSSR count). The van der Waals surface area contributed by atoms with Gasteiger partial charge in [0.25, 0.3) is 0 Å². The van der Waals surface area contributed by atoms with E-state index in [1.807, 2.05) is 19.1 Å². The Labute approximate surface area is 164 Å². The van der Waals surface area contributed by atoms with E-state index < -0.39 is 10.0 Å². The first-order chi connectivity index (χ1) is 13.5. The average molecular weight is 405 g/mol. The van der Waals surface area contributed by atoms with E-state index in [4.69, 9.17) is 18.9 Å². The Bertz CT molecular complexity index is 1000. The van der Waals surface area contributed by atoms with Gasteiger partial charge in [0.05, 0.1) is 19.1 Å². The lowest BCUT2D eigenvalue weighted by atomic mass is 9.94. The van der Waals surface area contributed by atoms with Gasteiger partial charge in [0.2, 0.25) is 10.0 Å². The fraction of sp³-hybridized carbons (Fsp3) is 0.400. The van der Waals surface area contributed by atoms with Crippen LogP contribution in [0.2, 0.25) is 0 Å². The molecule has 0 amide bonds. The highest BCUT2D eigenvalue weighted by atomic mass is 32.2. The van der Waals surface area contributed by atoms with Gasteiger partial charge in [-0.3, -0.25) is 0 Å². The molecule has 2 aromatic carbocycles. The molecule has 0 bridgehead atoms. The number of nitrogens with zero attached hydrogens (tertiary/aromatic N) is 1. The lowest BCUT2D eigenvalue weighted by molar-refractivity contribution is 0.171. The average Bonchev–Trinajstić information content (AvgIpc) is 2.72. The van der Waals surface area contributed by atoms with Gasteiger partial charge in [-0.25, -0.2) is 8.42 Å². The van der Waals surface area contributed by atoms with Gasteiger partial charge in [-0.05, 0) is 48.7 Å². The minimum absolute atomic E-state index is 0.201. The van der Waals surface area contributed by atoms with Gasteiger partial charge < -0.3 is 18.9 Å². The van der Waals surface area contributed by atoms with Crippen LogP contribution in [0.5, 0.6) is 23.0 Å². The quantitative estimate of drug-likeness (QED) is 0.779. The summed E-state index contributed by atoms with van der Waals surface area (Å²) < 4.78 is 50.0. The molecule has 0 aliphatic carbocycles. The number of methoxy groups -OCH3 is 2. The van der Waals surface area contributed by atoms with Crippen molar-refractivity contribution in [3.8, 4) is 23.0 Å². The van der Waals surface area contributed by atoms with Crippen molar-refractivity contribution in [1.29, 1.82) is 0 Å². The van der Waals surface area contributed by atoms with E-state index in [0.29, 0.717) is 49.2 Å². The van der Waals surface area contributed by atoms with Crippen molar-refractivity contribution in [2.45, 2.75) is 24.3 Å². The summed E-state index contributed by atoms with van der Waals surface area (Å²) in [5.74, 6) is 2.27. The molecule has 2 aliphatic rings. The molecule has 0 aromatic heterocycles. The summed E-state index contributed by atoms with van der Waals surface area (Å²) in [6.45, 7) is 3.15. The molecule has 1 atom stereocenters. The molecule has 0 unspecified atom stereocenters. The second-order valence-corrected chi connectivity index (χ2v) is 8.64. The molecule has 2 heterocycles. The van der Waals surface area contributed by atoms with Gasteiger partial charge in [-0.1, -0.05) is 0 Å². The summed E-state index contributed by atoms with van der Waals surface area (Å²) in [4.78, 5) is 0.201. The van der Waals surface area contributed by atoms with Gasteiger partial charge in [-0.15, -0.1) is 0 Å². The van der Waals surface area contributed by atoms with Gasteiger partial charge in [0, 0.05) is 18.7 Å². The maximum atomic E-state index is 13.3. The number of hydrogen-bond acceptors (Lipinski definition) is 6. The highest BCUT2D eigenvalue weighted by Gasteiger charge is 2.35. The SMILES string of the molecule is COc1cc2c(cc1OC)[C@@H](C)N(S(=O)(=O)c1ccc3c(c1)OCCO3)CC2. The maximum absolute atomic E-state index is 13.3. The summed E-state index contributed by atoms with van der Waals surface area (Å²) in [6, 6.07) is 8.23. The summed E-state index contributed by atoms with van der Waals surface area (Å²) >= 11 is 0. The van der Waals surface area contributed by atoms with Crippen LogP contribution >= 0.6 is 0 Å². The highest BCUT2D eigenvalue weighted by molar-refractivity contribution is 7.89. The molecule has 0 N–H and O–H groups in total. The van der Waals surface area contributed by atoms with E-state index in [-0.39, 0.29) is 10.9 Å². The highest BCUT2D eigenvalue weighted by Crippen LogP contribution is 2.41. The Morgan fingerprint density at radius 1 is 1.00 bits per heavy atom. The summed E-state index contributed by atoms with van der Waals surface area (Å²) in [5, 5.41) is 0. The molecule has 0 radical (unpaired) electrons. The van der Waals surface area contributed by atoms with Crippen LogP contribution < -0.4 is 18.9 Å². The van der Waals surface area contributed by atoms with E-state index in [1.54, 1.807) is 32.4 Å². The van der Waals surface area contributed by atoms with E-state index in [1.165, 1.54) is 4.31 Å². The van der Waals surface area contributed by atoms with Crippen molar-refractivity contribution >= 4 is 10.0 Å². The molecule has 0 saturated heterocycles. The van der Waals surface area contributed by atoms with Crippen molar-refractivity contribution in [1.82, 2.24) is 4.31 Å². The Balaban J connectivity index is 1.70. The van der Waals surface area contributed by atoms with E-state index >= 15 is 0 Å². The minimum atomic E-state index is -3.70. The number of sulfonamides is 1. The van der Waals surface area contributed by atoms with Crippen molar-refractivity contribution in [3.05, 3.63) is 41.5 Å². The van der Waals surface area contributed by atoms with Gasteiger partial charge >= 0.3 is 0 Å². The zero-order valence-corrected chi connectivity index (χ0v) is 16.9. The van der Waals surface area contributed by atoms with E-state index in [0.717, 1.165) is 11.1 Å². The standard InChI is InChI=1S/C20H23NO6S/c1-13-16-12-19(25-3)18(24-2)10-14(16)6-7-21(13)28(22,23)15-4-5-17-20(11-15)27-9-8-26-17/h4-5,10-13H,6-9H2,1-3H3/t13-/m1/s1. The Morgan fingerprint density at radius 3 is 2.39 bits per heavy atom. The zero-order chi connectivity index (χ0) is 19.9. The first-order valence-corrected chi connectivity index (χ1v) is 10.6. The van der Waals surface area contributed by atoms with Gasteiger partial charge in [0.1, 0.15) is 13.2 Å². The van der Waals surface area contributed by atoms with Crippen LogP contribution in [-0.4, -0.2) is 46.7 Å². The van der Waals surface area contributed by atoms with Crippen LogP contribution in [0.25, 0.3) is 0 Å². The maximum Gasteiger partial charge on any atom is 0.243 e. The Hall–Kier alpha value is -2.45. The summed E-state index contributed by atoms with van der Waals surface area (Å²) in [5.41, 5.74) is 1.99. The number of rotatable bonds is 4. The molecular formula is C20H23NO6S. The van der Waals surface area contributed by atoms with Crippen molar-refractivity contribution in [2.24, 2.45) is 0 Å². The zero-order valence-electron chi connectivity index (χ0n) is 16.1. The topological polar surface area (TPSA) is 74.3 Å². The predicted octanol–water partition coefficient (Wildman–Crippen LogP) is 2.78. The van der Waals surface area contributed by atoms with Gasteiger partial charge in [0.15, 0.2) is 23.0 Å². The van der Waals surface area contributed by atoms with Gasteiger partial charge in [-0.2, -0.15) is 4.31 Å². The van der Waals surface area contributed by atoms with E-state index in [2.05, 4.69) is 0 Å². The summed E-state index contributed by atoms with van der Waals surface area (Å²) in [7, 11) is -0.534. The molecule has 8 heteroatoms. The van der Waals surface area contributed by atoms with Crippen LogP contribution in [0.1, 0.15) is 24.1 Å². The second-order valence-electron chi connectivity index (χ2n) is 6.75. The second kappa shape index (κ2) is 7.18. The smallest absolute Gasteiger partial charge is 0.243 e.